The highest BCUT2D eigenvalue weighted by atomic mass is 16.5. The van der Waals surface area contributed by atoms with Crippen LogP contribution in [-0.4, -0.2) is 48.8 Å². The van der Waals surface area contributed by atoms with Crippen molar-refractivity contribution in [1.82, 2.24) is 10.6 Å². The fourth-order valence-corrected chi connectivity index (χ4v) is 1.27. The third-order valence-corrected chi connectivity index (χ3v) is 2.11. The van der Waals surface area contributed by atoms with Gasteiger partial charge in [0, 0.05) is 26.1 Å². The maximum atomic E-state index is 11.4. The summed E-state index contributed by atoms with van der Waals surface area (Å²) in [6, 6.07) is -0.890. The Morgan fingerprint density at radius 3 is 2.39 bits per heavy atom. The number of urea groups is 1. The summed E-state index contributed by atoms with van der Waals surface area (Å²) in [6.07, 6.45) is -0.760. The van der Waals surface area contributed by atoms with Gasteiger partial charge in [0.25, 0.3) is 0 Å². The lowest BCUT2D eigenvalue weighted by molar-refractivity contribution is -0.139. The molecule has 0 rings (SSSR count). The van der Waals surface area contributed by atoms with Crippen LogP contribution >= 0.6 is 0 Å². The Hall–Kier alpha value is -1.83. The van der Waals surface area contributed by atoms with E-state index < -0.39 is 24.0 Å². The normalized spacial score (nSPS) is 13.4. The molecule has 0 aliphatic rings. The highest BCUT2D eigenvalue weighted by Gasteiger charge is 2.14. The smallest absolute Gasteiger partial charge is 0.315 e. The summed E-state index contributed by atoms with van der Waals surface area (Å²) >= 11 is 0. The van der Waals surface area contributed by atoms with Crippen LogP contribution in [0.1, 0.15) is 19.8 Å². The largest absolute Gasteiger partial charge is 0.481 e. The van der Waals surface area contributed by atoms with Gasteiger partial charge in [0.2, 0.25) is 5.91 Å². The van der Waals surface area contributed by atoms with Crippen LogP contribution in [0.5, 0.6) is 0 Å². The monoisotopic (exact) mass is 261 g/mol. The van der Waals surface area contributed by atoms with Gasteiger partial charge in [0.1, 0.15) is 0 Å². The maximum Gasteiger partial charge on any atom is 0.315 e. The Kier molecular flexibility index (Phi) is 7.45. The molecule has 0 aliphatic heterocycles. The van der Waals surface area contributed by atoms with Gasteiger partial charge >= 0.3 is 12.0 Å². The zero-order valence-electron chi connectivity index (χ0n) is 10.4. The van der Waals surface area contributed by atoms with E-state index in [9.17, 15) is 14.4 Å². The molecule has 0 heterocycles. The molecule has 8 nitrogen and oxygen atoms in total. The van der Waals surface area contributed by atoms with Crippen LogP contribution in [0.2, 0.25) is 0 Å². The van der Waals surface area contributed by atoms with Gasteiger partial charge in [-0.1, -0.05) is 0 Å². The molecule has 0 aromatic rings. The highest BCUT2D eigenvalue weighted by Crippen LogP contribution is 1.95. The molecule has 2 unspecified atom stereocenters. The fourth-order valence-electron chi connectivity index (χ4n) is 1.27. The fraction of sp³-hybridized carbons (Fsp3) is 0.700. The predicted octanol–water partition coefficient (Wildman–Crippen LogP) is -0.961. The number of primary amides is 1. The summed E-state index contributed by atoms with van der Waals surface area (Å²) in [5.41, 5.74) is 4.97. The molecule has 3 amide bonds. The third-order valence-electron chi connectivity index (χ3n) is 2.11. The summed E-state index contributed by atoms with van der Waals surface area (Å²) < 4.78 is 4.88. The molecule has 0 aromatic heterocycles. The number of methoxy groups -OCH3 is 1. The highest BCUT2D eigenvalue weighted by molar-refractivity contribution is 5.77. The van der Waals surface area contributed by atoms with Gasteiger partial charge in [-0.25, -0.2) is 4.79 Å². The zero-order valence-corrected chi connectivity index (χ0v) is 10.4. The Labute approximate surface area is 105 Å². The number of hydrogen-bond acceptors (Lipinski definition) is 4. The molecule has 18 heavy (non-hydrogen) atoms. The molecule has 0 bridgehead atoms. The first-order valence-corrected chi connectivity index (χ1v) is 5.42. The van der Waals surface area contributed by atoms with E-state index in [0.29, 0.717) is 0 Å². The van der Waals surface area contributed by atoms with Gasteiger partial charge < -0.3 is 26.2 Å². The van der Waals surface area contributed by atoms with E-state index in [4.69, 9.17) is 15.6 Å². The number of nitrogens with one attached hydrogen (secondary N) is 2. The minimum atomic E-state index is -1.01. The quantitative estimate of drug-likeness (QED) is 0.447. The first-order valence-electron chi connectivity index (χ1n) is 5.42. The molecule has 0 saturated heterocycles. The number of carbonyl (C=O) groups excluding carboxylic acids is 2. The van der Waals surface area contributed by atoms with Crippen LogP contribution in [0, 0.1) is 0 Å². The first kappa shape index (κ1) is 16.2. The SMILES string of the molecule is COC(CNC(=O)NC(C)CC(N)=O)CC(=O)O. The van der Waals surface area contributed by atoms with Crippen LogP contribution in [0.3, 0.4) is 0 Å². The lowest BCUT2D eigenvalue weighted by atomic mass is 10.2. The maximum absolute atomic E-state index is 11.4. The van der Waals surface area contributed by atoms with Crippen molar-refractivity contribution >= 4 is 17.9 Å². The summed E-state index contributed by atoms with van der Waals surface area (Å²) in [7, 11) is 1.36. The van der Waals surface area contributed by atoms with Gasteiger partial charge in [0.15, 0.2) is 0 Å². The molecule has 0 fully saturated rings. The van der Waals surface area contributed by atoms with Crippen LogP contribution < -0.4 is 16.4 Å². The number of aliphatic carboxylic acids is 1. The van der Waals surface area contributed by atoms with Crippen LogP contribution in [0.4, 0.5) is 4.79 Å². The summed E-state index contributed by atoms with van der Waals surface area (Å²) in [5, 5.41) is 13.5. The van der Waals surface area contributed by atoms with Crippen molar-refractivity contribution in [3.63, 3.8) is 0 Å². The van der Waals surface area contributed by atoms with E-state index in [2.05, 4.69) is 10.6 Å². The number of rotatable bonds is 8. The van der Waals surface area contributed by atoms with E-state index in [1.165, 1.54) is 7.11 Å². The van der Waals surface area contributed by atoms with E-state index >= 15 is 0 Å². The molecular weight excluding hydrogens is 242 g/mol. The zero-order chi connectivity index (χ0) is 14.1. The predicted molar refractivity (Wildman–Crippen MR) is 62.9 cm³/mol. The van der Waals surface area contributed by atoms with Crippen LogP contribution in [0.25, 0.3) is 0 Å². The Morgan fingerprint density at radius 1 is 1.33 bits per heavy atom. The molecule has 0 spiro atoms. The second-order valence-corrected chi connectivity index (χ2v) is 3.88. The minimum Gasteiger partial charge on any atom is -0.481 e. The van der Waals surface area contributed by atoms with Gasteiger partial charge in [-0.2, -0.15) is 0 Å². The topological polar surface area (TPSA) is 131 Å². The molecule has 0 aromatic carbocycles. The number of carboxylic acid groups (broad SMARTS) is 1. The lowest BCUT2D eigenvalue weighted by Gasteiger charge is -2.16. The molecule has 0 aliphatic carbocycles. The number of amides is 3. The summed E-state index contributed by atoms with van der Waals surface area (Å²) in [5.74, 6) is -1.52. The van der Waals surface area contributed by atoms with Crippen molar-refractivity contribution in [2.24, 2.45) is 5.73 Å². The van der Waals surface area contributed by atoms with Crippen LogP contribution in [-0.2, 0) is 14.3 Å². The molecule has 2 atom stereocenters. The van der Waals surface area contributed by atoms with E-state index in [0.717, 1.165) is 0 Å². The lowest BCUT2D eigenvalue weighted by Crippen LogP contribution is -2.45. The van der Waals surface area contributed by atoms with Crippen LogP contribution in [0.15, 0.2) is 0 Å². The van der Waals surface area contributed by atoms with E-state index in [1.54, 1.807) is 6.92 Å². The number of carbonyl (C=O) groups is 3. The second kappa shape index (κ2) is 8.29. The van der Waals surface area contributed by atoms with Crippen molar-refractivity contribution in [1.29, 1.82) is 0 Å². The molecular formula is C10H19N3O5. The second-order valence-electron chi connectivity index (χ2n) is 3.88. The van der Waals surface area contributed by atoms with E-state index in [-0.39, 0.29) is 25.4 Å². The Morgan fingerprint density at radius 2 is 1.94 bits per heavy atom. The molecule has 8 heteroatoms. The van der Waals surface area contributed by atoms with Crippen molar-refractivity contribution in [2.75, 3.05) is 13.7 Å². The Balaban J connectivity index is 3.93. The summed E-state index contributed by atoms with van der Waals surface area (Å²) in [4.78, 5) is 32.4. The average Bonchev–Trinajstić information content (AvgIpc) is 2.22. The number of ether oxygens (including phenoxy) is 1. The van der Waals surface area contributed by atoms with Crippen molar-refractivity contribution < 1.29 is 24.2 Å². The standard InChI is InChI=1S/C10H19N3O5/c1-6(3-8(11)14)13-10(17)12-5-7(18-2)4-9(15)16/h6-7H,3-5H2,1-2H3,(H2,11,14)(H,15,16)(H2,12,13,17). The van der Waals surface area contributed by atoms with Crippen molar-refractivity contribution in [3.05, 3.63) is 0 Å². The number of nitrogens with two attached hydrogens (primary N) is 1. The van der Waals surface area contributed by atoms with E-state index in [1.807, 2.05) is 0 Å². The minimum absolute atomic E-state index is 0.0379. The van der Waals surface area contributed by atoms with Gasteiger partial charge in [-0.15, -0.1) is 0 Å². The number of carboxylic acids is 1. The number of hydrogen-bond donors (Lipinski definition) is 4. The van der Waals surface area contributed by atoms with Crippen molar-refractivity contribution in [2.45, 2.75) is 31.9 Å². The van der Waals surface area contributed by atoms with Gasteiger partial charge in [0.05, 0.1) is 12.5 Å². The molecule has 0 radical (unpaired) electrons. The van der Waals surface area contributed by atoms with Gasteiger partial charge in [-0.3, -0.25) is 9.59 Å². The Bertz CT molecular complexity index is 308. The molecule has 5 N–H and O–H groups in total. The van der Waals surface area contributed by atoms with Gasteiger partial charge in [-0.05, 0) is 6.92 Å². The molecule has 0 saturated carbocycles. The molecule has 104 valence electrons. The van der Waals surface area contributed by atoms with Crippen molar-refractivity contribution in [3.8, 4) is 0 Å². The summed E-state index contributed by atoms with van der Waals surface area (Å²) in [6.45, 7) is 1.70. The first-order chi connectivity index (χ1) is 8.35. The average molecular weight is 261 g/mol. The third kappa shape index (κ3) is 8.34.